The first-order chi connectivity index (χ1) is 11.9. The summed E-state index contributed by atoms with van der Waals surface area (Å²) in [6, 6.07) is 4.50. The van der Waals surface area contributed by atoms with Crippen LogP contribution in [0.5, 0.6) is 0 Å². The predicted molar refractivity (Wildman–Crippen MR) is 88.4 cm³/mol. The molecule has 0 bridgehead atoms. The molecule has 1 fully saturated rings. The van der Waals surface area contributed by atoms with E-state index in [2.05, 4.69) is 0 Å². The van der Waals surface area contributed by atoms with Crippen LogP contribution in [0.15, 0.2) is 18.2 Å². The van der Waals surface area contributed by atoms with Crippen LogP contribution in [0.1, 0.15) is 57.3 Å². The van der Waals surface area contributed by atoms with E-state index >= 15 is 0 Å². The lowest BCUT2D eigenvalue weighted by Crippen LogP contribution is -2.30. The topological polar surface area (TPSA) is 95.0 Å². The van der Waals surface area contributed by atoms with Crippen LogP contribution < -0.4 is 0 Å². The van der Waals surface area contributed by atoms with Crippen molar-refractivity contribution in [1.82, 2.24) is 9.80 Å². The third-order valence-corrected chi connectivity index (χ3v) is 4.78. The number of hydrogen-bond donors (Lipinski definition) is 1. The average molecular weight is 344 g/mol. The first-order valence-corrected chi connectivity index (χ1v) is 8.46. The Morgan fingerprint density at radius 3 is 2.56 bits per heavy atom. The number of carboxylic acid groups (broad SMARTS) is 1. The first-order valence-electron chi connectivity index (χ1n) is 8.46. The van der Waals surface area contributed by atoms with Crippen LogP contribution in [0.25, 0.3) is 0 Å². The summed E-state index contributed by atoms with van der Waals surface area (Å²) in [5.74, 6) is -2.45. The number of hydrogen-bond acceptors (Lipinski definition) is 4. The Bertz CT molecular complexity index is 758. The Hall–Kier alpha value is -2.70. The van der Waals surface area contributed by atoms with Crippen molar-refractivity contribution >= 4 is 23.7 Å². The fourth-order valence-corrected chi connectivity index (χ4v) is 3.27. The van der Waals surface area contributed by atoms with E-state index < -0.39 is 11.9 Å². The number of carbonyl (C=O) groups is 4. The molecule has 0 aliphatic carbocycles. The van der Waals surface area contributed by atoms with Crippen molar-refractivity contribution in [1.29, 1.82) is 0 Å². The standard InChI is InChI=1S/C18H20N2O5/c1-2-3-7-20-16(22)13-5-4-11(9-14(13)17(20)23)15(21)19-8-6-12(10-19)18(24)25/h4-5,9,12H,2-3,6-8,10H2,1H3,(H,24,25). The Labute approximate surface area is 145 Å². The van der Waals surface area contributed by atoms with Crippen LogP contribution in [-0.2, 0) is 4.79 Å². The molecule has 25 heavy (non-hydrogen) atoms. The van der Waals surface area contributed by atoms with Gasteiger partial charge in [0.05, 0.1) is 17.0 Å². The highest BCUT2D eigenvalue weighted by Gasteiger charge is 2.36. The summed E-state index contributed by atoms with van der Waals surface area (Å²) in [6.07, 6.45) is 2.03. The second kappa shape index (κ2) is 6.66. The fourth-order valence-electron chi connectivity index (χ4n) is 3.27. The van der Waals surface area contributed by atoms with Crippen LogP contribution in [0.4, 0.5) is 0 Å². The van der Waals surface area contributed by atoms with Gasteiger partial charge in [0.15, 0.2) is 0 Å². The number of imide groups is 1. The Balaban J connectivity index is 1.80. The number of nitrogens with zero attached hydrogens (tertiary/aromatic N) is 2. The van der Waals surface area contributed by atoms with E-state index in [0.717, 1.165) is 12.8 Å². The van der Waals surface area contributed by atoms with Gasteiger partial charge in [-0.3, -0.25) is 24.1 Å². The number of carboxylic acids is 1. The molecule has 1 atom stereocenters. The number of benzene rings is 1. The minimum atomic E-state index is -0.906. The van der Waals surface area contributed by atoms with Gasteiger partial charge in [0, 0.05) is 25.2 Å². The number of likely N-dealkylation sites (tertiary alicyclic amines) is 1. The van der Waals surface area contributed by atoms with Crippen molar-refractivity contribution in [2.75, 3.05) is 19.6 Å². The summed E-state index contributed by atoms with van der Waals surface area (Å²) in [4.78, 5) is 51.1. The Kier molecular flexibility index (Phi) is 4.57. The van der Waals surface area contributed by atoms with Crippen LogP contribution in [0.3, 0.4) is 0 Å². The van der Waals surface area contributed by atoms with Gasteiger partial charge in [-0.15, -0.1) is 0 Å². The quantitative estimate of drug-likeness (QED) is 0.819. The Morgan fingerprint density at radius 1 is 1.20 bits per heavy atom. The van der Waals surface area contributed by atoms with Crippen LogP contribution in [0.2, 0.25) is 0 Å². The number of unbranched alkanes of at least 4 members (excludes halogenated alkanes) is 1. The van der Waals surface area contributed by atoms with E-state index in [4.69, 9.17) is 5.11 Å². The summed E-state index contributed by atoms with van der Waals surface area (Å²) >= 11 is 0. The first kappa shape index (κ1) is 17.1. The summed E-state index contributed by atoms with van der Waals surface area (Å²) < 4.78 is 0. The predicted octanol–water partition coefficient (Wildman–Crippen LogP) is 1.63. The molecule has 3 rings (SSSR count). The molecule has 1 aromatic carbocycles. The van der Waals surface area contributed by atoms with Crippen molar-refractivity contribution in [3.8, 4) is 0 Å². The van der Waals surface area contributed by atoms with E-state index in [1.54, 1.807) is 0 Å². The SMILES string of the molecule is CCCCN1C(=O)c2ccc(C(=O)N3CCC(C(=O)O)C3)cc2C1=O. The number of fused-ring (bicyclic) bond motifs is 1. The van der Waals surface area contributed by atoms with E-state index in [1.165, 1.54) is 28.0 Å². The van der Waals surface area contributed by atoms with Crippen molar-refractivity contribution in [2.45, 2.75) is 26.2 Å². The lowest BCUT2D eigenvalue weighted by Gasteiger charge is -2.16. The number of carbonyl (C=O) groups excluding carboxylic acids is 3. The molecule has 7 nitrogen and oxygen atoms in total. The molecular formula is C18H20N2O5. The molecule has 1 unspecified atom stereocenters. The maximum absolute atomic E-state index is 12.6. The fraction of sp³-hybridized carbons (Fsp3) is 0.444. The zero-order chi connectivity index (χ0) is 18.1. The third-order valence-electron chi connectivity index (χ3n) is 4.78. The molecule has 0 saturated carbocycles. The maximum atomic E-state index is 12.6. The molecule has 2 heterocycles. The maximum Gasteiger partial charge on any atom is 0.308 e. The van der Waals surface area contributed by atoms with Gasteiger partial charge in [-0.2, -0.15) is 0 Å². The van der Waals surface area contributed by atoms with E-state index in [1.807, 2.05) is 6.92 Å². The minimum absolute atomic E-state index is 0.167. The number of rotatable bonds is 5. The van der Waals surface area contributed by atoms with Crippen molar-refractivity contribution < 1.29 is 24.3 Å². The lowest BCUT2D eigenvalue weighted by atomic mass is 10.0. The second-order valence-electron chi connectivity index (χ2n) is 6.45. The molecule has 1 aromatic rings. The van der Waals surface area contributed by atoms with Gasteiger partial charge >= 0.3 is 5.97 Å². The molecule has 3 amide bonds. The van der Waals surface area contributed by atoms with Crippen LogP contribution in [-0.4, -0.2) is 58.2 Å². The van der Waals surface area contributed by atoms with Crippen molar-refractivity contribution in [3.05, 3.63) is 34.9 Å². The molecule has 132 valence electrons. The highest BCUT2D eigenvalue weighted by molar-refractivity contribution is 6.22. The molecule has 0 radical (unpaired) electrons. The highest BCUT2D eigenvalue weighted by atomic mass is 16.4. The lowest BCUT2D eigenvalue weighted by molar-refractivity contribution is -0.141. The summed E-state index contributed by atoms with van der Waals surface area (Å²) in [6.45, 7) is 2.90. The molecule has 0 spiro atoms. The molecule has 0 aromatic heterocycles. The number of aliphatic carboxylic acids is 1. The molecule has 2 aliphatic heterocycles. The van der Waals surface area contributed by atoms with Gasteiger partial charge < -0.3 is 10.0 Å². The third kappa shape index (κ3) is 3.01. The second-order valence-corrected chi connectivity index (χ2v) is 6.45. The molecule has 1 N–H and O–H groups in total. The smallest absolute Gasteiger partial charge is 0.308 e. The Morgan fingerprint density at radius 2 is 1.92 bits per heavy atom. The van der Waals surface area contributed by atoms with Crippen molar-refractivity contribution in [2.24, 2.45) is 5.92 Å². The average Bonchev–Trinajstić information content (AvgIpc) is 3.18. The normalized spacial score (nSPS) is 19.5. The van der Waals surface area contributed by atoms with E-state index in [0.29, 0.717) is 30.6 Å². The summed E-state index contributed by atoms with van der Waals surface area (Å²) in [5.41, 5.74) is 0.881. The molecular weight excluding hydrogens is 324 g/mol. The largest absolute Gasteiger partial charge is 0.481 e. The molecule has 1 saturated heterocycles. The summed E-state index contributed by atoms with van der Waals surface area (Å²) in [7, 11) is 0. The van der Waals surface area contributed by atoms with Crippen molar-refractivity contribution in [3.63, 3.8) is 0 Å². The van der Waals surface area contributed by atoms with Crippen LogP contribution in [0, 0.1) is 5.92 Å². The zero-order valence-corrected chi connectivity index (χ0v) is 14.0. The van der Waals surface area contributed by atoms with E-state index in [-0.39, 0.29) is 29.8 Å². The zero-order valence-electron chi connectivity index (χ0n) is 14.0. The molecule has 2 aliphatic rings. The molecule has 7 heteroatoms. The minimum Gasteiger partial charge on any atom is -0.481 e. The van der Waals surface area contributed by atoms with Gasteiger partial charge in [-0.1, -0.05) is 13.3 Å². The van der Waals surface area contributed by atoms with E-state index in [9.17, 15) is 19.2 Å². The van der Waals surface area contributed by atoms with Gasteiger partial charge in [-0.25, -0.2) is 0 Å². The van der Waals surface area contributed by atoms with Gasteiger partial charge in [-0.05, 0) is 31.0 Å². The van der Waals surface area contributed by atoms with Crippen LogP contribution >= 0.6 is 0 Å². The van der Waals surface area contributed by atoms with Gasteiger partial charge in [0.1, 0.15) is 0 Å². The number of amides is 3. The monoisotopic (exact) mass is 344 g/mol. The summed E-state index contributed by atoms with van der Waals surface area (Å²) in [5, 5.41) is 9.05. The van der Waals surface area contributed by atoms with Gasteiger partial charge in [0.25, 0.3) is 17.7 Å². The van der Waals surface area contributed by atoms with Gasteiger partial charge in [0.2, 0.25) is 0 Å². The highest BCUT2D eigenvalue weighted by Crippen LogP contribution is 2.26.